The third kappa shape index (κ3) is 7.65. The number of primary amides is 1. The van der Waals surface area contributed by atoms with Crippen molar-refractivity contribution >= 4 is 35.8 Å². The molecule has 2 rings (SSSR count). The molecule has 7 nitrogen and oxygen atoms in total. The molecule has 25 heavy (non-hydrogen) atoms. The zero-order valence-electron chi connectivity index (χ0n) is 15.6. The number of likely N-dealkylation sites (tertiary alicyclic amines) is 1. The minimum absolute atomic E-state index is 0. The Bertz CT molecular complexity index is 429. The number of amides is 1. The van der Waals surface area contributed by atoms with Crippen molar-refractivity contribution in [2.75, 3.05) is 60.0 Å². The minimum Gasteiger partial charge on any atom is -0.381 e. The number of nitrogens with one attached hydrogen (secondary N) is 1. The molecule has 8 heteroatoms. The molecule has 2 saturated heterocycles. The van der Waals surface area contributed by atoms with Gasteiger partial charge in [-0.1, -0.05) is 0 Å². The molecule has 2 aliphatic rings. The van der Waals surface area contributed by atoms with Crippen LogP contribution < -0.4 is 11.1 Å². The van der Waals surface area contributed by atoms with Crippen molar-refractivity contribution in [2.24, 2.45) is 22.6 Å². The minimum atomic E-state index is -0.157. The largest absolute Gasteiger partial charge is 0.381 e. The summed E-state index contributed by atoms with van der Waals surface area (Å²) < 4.78 is 5.44. The van der Waals surface area contributed by atoms with Crippen LogP contribution in [-0.4, -0.2) is 81.7 Å². The van der Waals surface area contributed by atoms with Crippen molar-refractivity contribution in [1.82, 2.24) is 15.1 Å². The van der Waals surface area contributed by atoms with Gasteiger partial charge in [-0.05, 0) is 38.8 Å². The molecule has 0 saturated carbocycles. The highest BCUT2D eigenvalue weighted by molar-refractivity contribution is 14.0. The summed E-state index contributed by atoms with van der Waals surface area (Å²) in [4.78, 5) is 20.2. The van der Waals surface area contributed by atoms with Gasteiger partial charge in [0.2, 0.25) is 5.91 Å². The summed E-state index contributed by atoms with van der Waals surface area (Å²) in [6.45, 7) is 6.48. The number of hydrogen-bond donors (Lipinski definition) is 2. The first-order valence-corrected chi connectivity index (χ1v) is 9.11. The number of carbonyl (C=O) groups is 1. The molecule has 2 unspecified atom stereocenters. The van der Waals surface area contributed by atoms with E-state index >= 15 is 0 Å². The Morgan fingerprint density at radius 1 is 1.44 bits per heavy atom. The second kappa shape index (κ2) is 11.9. The molecule has 0 aromatic carbocycles. The second-order valence-electron chi connectivity index (χ2n) is 6.98. The number of aliphatic imine (C=N–C) groups is 1. The zero-order valence-corrected chi connectivity index (χ0v) is 17.9. The van der Waals surface area contributed by atoms with E-state index < -0.39 is 0 Å². The van der Waals surface area contributed by atoms with Gasteiger partial charge in [-0.25, -0.2) is 0 Å². The number of rotatable bonds is 7. The second-order valence-corrected chi connectivity index (χ2v) is 6.98. The highest BCUT2D eigenvalue weighted by Crippen LogP contribution is 2.16. The van der Waals surface area contributed by atoms with Gasteiger partial charge >= 0.3 is 0 Å². The van der Waals surface area contributed by atoms with Gasteiger partial charge in [0.15, 0.2) is 5.96 Å². The van der Waals surface area contributed by atoms with Crippen LogP contribution in [0.15, 0.2) is 4.99 Å². The summed E-state index contributed by atoms with van der Waals surface area (Å²) in [5.74, 6) is 1.41. The number of piperidine rings is 1. The molecule has 0 spiro atoms. The summed E-state index contributed by atoms with van der Waals surface area (Å²) >= 11 is 0. The quantitative estimate of drug-likeness (QED) is 0.250. The smallest absolute Gasteiger partial charge is 0.221 e. The summed E-state index contributed by atoms with van der Waals surface area (Å²) in [6, 6.07) is 0. The van der Waals surface area contributed by atoms with E-state index in [0.717, 1.165) is 77.6 Å². The predicted octanol–water partition coefficient (Wildman–Crippen LogP) is 0.736. The Balaban J connectivity index is 0.00000312. The van der Waals surface area contributed by atoms with Crippen LogP contribution in [0.25, 0.3) is 0 Å². The van der Waals surface area contributed by atoms with E-state index in [0.29, 0.717) is 5.92 Å². The topological polar surface area (TPSA) is 83.2 Å². The molecular weight excluding hydrogens is 433 g/mol. The molecule has 0 aliphatic carbocycles. The third-order valence-electron chi connectivity index (χ3n) is 4.97. The number of ether oxygens (including phenoxy) is 1. The third-order valence-corrected chi connectivity index (χ3v) is 4.97. The fraction of sp³-hybridized carbons (Fsp3) is 0.882. The van der Waals surface area contributed by atoms with Crippen LogP contribution in [0.1, 0.15) is 25.7 Å². The predicted molar refractivity (Wildman–Crippen MR) is 111 cm³/mol. The Hall–Kier alpha value is -0.610. The number of nitrogens with zero attached hydrogens (tertiary/aromatic N) is 3. The highest BCUT2D eigenvalue weighted by atomic mass is 127. The van der Waals surface area contributed by atoms with E-state index in [1.807, 2.05) is 7.05 Å². The van der Waals surface area contributed by atoms with Crippen LogP contribution in [0.4, 0.5) is 0 Å². The first-order valence-electron chi connectivity index (χ1n) is 9.11. The molecule has 1 amide bonds. The Morgan fingerprint density at radius 2 is 2.24 bits per heavy atom. The summed E-state index contributed by atoms with van der Waals surface area (Å²) in [7, 11) is 3.90. The maximum atomic E-state index is 11.3. The van der Waals surface area contributed by atoms with Crippen molar-refractivity contribution < 1.29 is 9.53 Å². The van der Waals surface area contributed by atoms with Crippen LogP contribution in [0.3, 0.4) is 0 Å². The van der Waals surface area contributed by atoms with E-state index in [9.17, 15) is 4.79 Å². The lowest BCUT2D eigenvalue weighted by molar-refractivity contribution is -0.123. The molecule has 0 radical (unpaired) electrons. The van der Waals surface area contributed by atoms with Gasteiger partial charge in [0.25, 0.3) is 0 Å². The van der Waals surface area contributed by atoms with Crippen LogP contribution in [-0.2, 0) is 9.53 Å². The molecule has 2 atom stereocenters. The lowest BCUT2D eigenvalue weighted by Crippen LogP contribution is -2.44. The fourth-order valence-corrected chi connectivity index (χ4v) is 3.58. The van der Waals surface area contributed by atoms with Gasteiger partial charge in [0, 0.05) is 46.3 Å². The molecule has 0 aromatic heterocycles. The molecule has 146 valence electrons. The van der Waals surface area contributed by atoms with E-state index in [4.69, 9.17) is 10.5 Å². The Morgan fingerprint density at radius 3 is 2.88 bits per heavy atom. The van der Waals surface area contributed by atoms with Gasteiger partial charge in [-0.2, -0.15) is 0 Å². The van der Waals surface area contributed by atoms with Crippen molar-refractivity contribution in [3.63, 3.8) is 0 Å². The van der Waals surface area contributed by atoms with Gasteiger partial charge in [0.1, 0.15) is 0 Å². The average molecular weight is 467 g/mol. The first-order chi connectivity index (χ1) is 11.6. The van der Waals surface area contributed by atoms with Crippen LogP contribution in [0, 0.1) is 11.8 Å². The number of halogens is 1. The molecule has 2 heterocycles. The summed E-state index contributed by atoms with van der Waals surface area (Å²) in [6.07, 6.45) is 4.17. The number of nitrogens with two attached hydrogens (primary N) is 1. The lowest BCUT2D eigenvalue weighted by Gasteiger charge is -2.31. The van der Waals surface area contributed by atoms with Crippen molar-refractivity contribution in [1.29, 1.82) is 0 Å². The standard InChI is InChI=1S/C17H33N5O2.HI/c1-19-17(21(2)11-14-6-10-24-13-14)20-7-4-9-22-8-3-5-15(12-22)16(18)23;/h14-15H,3-13H2,1-2H3,(H2,18,23)(H,19,20);1H. The molecule has 0 aromatic rings. The van der Waals surface area contributed by atoms with Crippen molar-refractivity contribution in [3.05, 3.63) is 0 Å². The van der Waals surface area contributed by atoms with Gasteiger partial charge < -0.3 is 25.6 Å². The first kappa shape index (κ1) is 22.4. The molecular formula is C17H34IN5O2. The zero-order chi connectivity index (χ0) is 17.4. The molecule has 2 aliphatic heterocycles. The molecule has 0 bridgehead atoms. The summed E-state index contributed by atoms with van der Waals surface area (Å²) in [5, 5.41) is 3.43. The number of carbonyl (C=O) groups excluding carboxylic acids is 1. The van der Waals surface area contributed by atoms with Gasteiger partial charge in [-0.3, -0.25) is 9.79 Å². The van der Waals surface area contributed by atoms with Crippen molar-refractivity contribution in [2.45, 2.75) is 25.7 Å². The van der Waals surface area contributed by atoms with E-state index in [2.05, 4.69) is 27.2 Å². The van der Waals surface area contributed by atoms with Crippen LogP contribution in [0.2, 0.25) is 0 Å². The SMILES string of the molecule is CN=C(NCCCN1CCCC(C(N)=O)C1)N(C)CC1CCOC1.I. The number of hydrogen-bond acceptors (Lipinski definition) is 4. The molecule has 2 fully saturated rings. The Labute approximate surface area is 168 Å². The maximum Gasteiger partial charge on any atom is 0.221 e. The van der Waals surface area contributed by atoms with Crippen LogP contribution in [0.5, 0.6) is 0 Å². The normalized spacial score (nSPS) is 24.6. The highest BCUT2D eigenvalue weighted by Gasteiger charge is 2.23. The van der Waals surface area contributed by atoms with E-state index in [1.165, 1.54) is 0 Å². The summed E-state index contributed by atoms with van der Waals surface area (Å²) in [5.41, 5.74) is 5.43. The van der Waals surface area contributed by atoms with Gasteiger partial charge in [-0.15, -0.1) is 24.0 Å². The van der Waals surface area contributed by atoms with Gasteiger partial charge in [0.05, 0.1) is 12.5 Å². The van der Waals surface area contributed by atoms with E-state index in [1.54, 1.807) is 0 Å². The lowest BCUT2D eigenvalue weighted by atomic mass is 9.97. The maximum absolute atomic E-state index is 11.3. The van der Waals surface area contributed by atoms with Crippen molar-refractivity contribution in [3.8, 4) is 0 Å². The Kier molecular flexibility index (Phi) is 10.7. The number of guanidine groups is 1. The monoisotopic (exact) mass is 467 g/mol. The van der Waals surface area contributed by atoms with Crippen LogP contribution >= 0.6 is 24.0 Å². The fourth-order valence-electron chi connectivity index (χ4n) is 3.58. The van der Waals surface area contributed by atoms with E-state index in [-0.39, 0.29) is 35.8 Å². The average Bonchev–Trinajstić information content (AvgIpc) is 3.08. The molecule has 3 N–H and O–H groups in total.